The second-order valence-corrected chi connectivity index (χ2v) is 4.18. The fourth-order valence-electron chi connectivity index (χ4n) is 2.08. The Hall–Kier alpha value is -0.0400. The van der Waals surface area contributed by atoms with Crippen molar-refractivity contribution in [3.63, 3.8) is 0 Å². The van der Waals surface area contributed by atoms with Crippen molar-refractivity contribution in [1.82, 2.24) is 4.90 Å². The molecule has 1 saturated heterocycles. The molecule has 0 unspecified atom stereocenters. The predicted octanol–water partition coefficient (Wildman–Crippen LogP) is 2.37. The lowest BCUT2D eigenvalue weighted by molar-refractivity contribution is 0.278. The zero-order valence-corrected chi connectivity index (χ0v) is 8.14. The molecule has 0 amide bonds. The number of likely N-dealkylation sites (tertiary alicyclic amines) is 1. The number of nitrogens with zero attached hydrogens (tertiary/aromatic N) is 1. The minimum absolute atomic E-state index is 0.913. The van der Waals surface area contributed by atoms with Crippen LogP contribution in [0.4, 0.5) is 0 Å². The SMILES string of the molecule is CC[C@@H]1CC[C@H](C)CN(C)C1. The average molecular weight is 155 g/mol. The van der Waals surface area contributed by atoms with E-state index in [0.717, 1.165) is 11.8 Å². The molecule has 0 aliphatic carbocycles. The lowest BCUT2D eigenvalue weighted by Gasteiger charge is -2.18. The monoisotopic (exact) mass is 155 g/mol. The molecule has 1 heteroatoms. The Kier molecular flexibility index (Phi) is 3.38. The molecular formula is C10H21N. The van der Waals surface area contributed by atoms with Gasteiger partial charge in [-0.05, 0) is 31.7 Å². The summed E-state index contributed by atoms with van der Waals surface area (Å²) in [5.41, 5.74) is 0. The Morgan fingerprint density at radius 2 is 2.00 bits per heavy atom. The topological polar surface area (TPSA) is 3.24 Å². The Morgan fingerprint density at radius 3 is 2.64 bits per heavy atom. The van der Waals surface area contributed by atoms with Gasteiger partial charge >= 0.3 is 0 Å². The van der Waals surface area contributed by atoms with Gasteiger partial charge in [0.2, 0.25) is 0 Å². The van der Waals surface area contributed by atoms with E-state index in [1.54, 1.807) is 0 Å². The third-order valence-corrected chi connectivity index (χ3v) is 2.84. The molecule has 1 aliphatic heterocycles. The number of rotatable bonds is 1. The molecule has 0 spiro atoms. The molecule has 0 aromatic carbocycles. The van der Waals surface area contributed by atoms with Gasteiger partial charge in [0.25, 0.3) is 0 Å². The molecule has 1 heterocycles. The summed E-state index contributed by atoms with van der Waals surface area (Å²) >= 11 is 0. The van der Waals surface area contributed by atoms with Gasteiger partial charge in [0.1, 0.15) is 0 Å². The molecule has 1 nitrogen and oxygen atoms in total. The van der Waals surface area contributed by atoms with Crippen LogP contribution < -0.4 is 0 Å². The Labute approximate surface area is 70.8 Å². The van der Waals surface area contributed by atoms with Crippen LogP contribution in [0.15, 0.2) is 0 Å². The van der Waals surface area contributed by atoms with Gasteiger partial charge in [-0.15, -0.1) is 0 Å². The Bertz CT molecular complexity index is 111. The minimum atomic E-state index is 0.913. The highest BCUT2D eigenvalue weighted by molar-refractivity contribution is 4.71. The van der Waals surface area contributed by atoms with Crippen molar-refractivity contribution < 1.29 is 0 Å². The predicted molar refractivity (Wildman–Crippen MR) is 49.7 cm³/mol. The summed E-state index contributed by atoms with van der Waals surface area (Å²) in [6.07, 6.45) is 4.24. The minimum Gasteiger partial charge on any atom is -0.306 e. The largest absolute Gasteiger partial charge is 0.306 e. The van der Waals surface area contributed by atoms with Gasteiger partial charge < -0.3 is 4.90 Å². The standard InChI is InChI=1S/C10H21N/c1-4-10-6-5-9(2)7-11(3)8-10/h9-10H,4-8H2,1-3H3/t9-,10+/m0/s1. The zero-order chi connectivity index (χ0) is 8.27. The van der Waals surface area contributed by atoms with Crippen molar-refractivity contribution in [3.05, 3.63) is 0 Å². The fourth-order valence-corrected chi connectivity index (χ4v) is 2.08. The van der Waals surface area contributed by atoms with Crippen LogP contribution in [0, 0.1) is 11.8 Å². The van der Waals surface area contributed by atoms with Crippen LogP contribution in [0.2, 0.25) is 0 Å². The van der Waals surface area contributed by atoms with E-state index in [9.17, 15) is 0 Å². The molecular weight excluding hydrogens is 134 g/mol. The van der Waals surface area contributed by atoms with Gasteiger partial charge in [0.05, 0.1) is 0 Å². The van der Waals surface area contributed by atoms with Gasteiger partial charge in [-0.2, -0.15) is 0 Å². The van der Waals surface area contributed by atoms with E-state index in [2.05, 4.69) is 25.8 Å². The van der Waals surface area contributed by atoms with Crippen molar-refractivity contribution >= 4 is 0 Å². The van der Waals surface area contributed by atoms with Crippen LogP contribution in [0.3, 0.4) is 0 Å². The molecule has 1 rings (SSSR count). The van der Waals surface area contributed by atoms with Gasteiger partial charge in [0.15, 0.2) is 0 Å². The van der Waals surface area contributed by atoms with Gasteiger partial charge in [-0.3, -0.25) is 0 Å². The first-order valence-corrected chi connectivity index (χ1v) is 4.91. The molecule has 0 aromatic heterocycles. The third-order valence-electron chi connectivity index (χ3n) is 2.84. The summed E-state index contributed by atoms with van der Waals surface area (Å²) in [7, 11) is 2.25. The van der Waals surface area contributed by atoms with Gasteiger partial charge in [-0.25, -0.2) is 0 Å². The maximum absolute atomic E-state index is 2.49. The molecule has 0 N–H and O–H groups in total. The summed E-state index contributed by atoms with van der Waals surface area (Å²) in [5.74, 6) is 1.88. The maximum atomic E-state index is 2.49. The van der Waals surface area contributed by atoms with Crippen LogP contribution in [0.5, 0.6) is 0 Å². The smallest absolute Gasteiger partial charge is 0.000662 e. The van der Waals surface area contributed by atoms with Gasteiger partial charge in [-0.1, -0.05) is 20.3 Å². The zero-order valence-electron chi connectivity index (χ0n) is 8.14. The van der Waals surface area contributed by atoms with Crippen LogP contribution in [-0.4, -0.2) is 25.0 Å². The molecule has 0 bridgehead atoms. The molecule has 11 heavy (non-hydrogen) atoms. The molecule has 1 fully saturated rings. The van der Waals surface area contributed by atoms with E-state index in [1.165, 1.54) is 32.4 Å². The maximum Gasteiger partial charge on any atom is 0.000662 e. The van der Waals surface area contributed by atoms with Crippen molar-refractivity contribution in [1.29, 1.82) is 0 Å². The summed E-state index contributed by atoms with van der Waals surface area (Å²) in [5, 5.41) is 0. The number of hydrogen-bond acceptors (Lipinski definition) is 1. The third kappa shape index (κ3) is 2.82. The highest BCUT2D eigenvalue weighted by Crippen LogP contribution is 2.21. The van der Waals surface area contributed by atoms with E-state index in [0.29, 0.717) is 0 Å². The average Bonchev–Trinajstić information content (AvgIpc) is 2.11. The molecule has 0 saturated carbocycles. The summed E-state index contributed by atoms with van der Waals surface area (Å²) < 4.78 is 0. The lowest BCUT2D eigenvalue weighted by atomic mass is 9.97. The van der Waals surface area contributed by atoms with Crippen molar-refractivity contribution in [3.8, 4) is 0 Å². The van der Waals surface area contributed by atoms with E-state index in [4.69, 9.17) is 0 Å². The second-order valence-electron chi connectivity index (χ2n) is 4.18. The normalized spacial score (nSPS) is 35.2. The quantitative estimate of drug-likeness (QED) is 0.562. The van der Waals surface area contributed by atoms with E-state index >= 15 is 0 Å². The van der Waals surface area contributed by atoms with Crippen molar-refractivity contribution in [2.45, 2.75) is 33.1 Å². The molecule has 1 aliphatic rings. The number of hydrogen-bond donors (Lipinski definition) is 0. The van der Waals surface area contributed by atoms with E-state index < -0.39 is 0 Å². The highest BCUT2D eigenvalue weighted by atomic mass is 15.1. The van der Waals surface area contributed by atoms with Crippen molar-refractivity contribution in [2.75, 3.05) is 20.1 Å². The molecule has 66 valence electrons. The highest BCUT2D eigenvalue weighted by Gasteiger charge is 2.17. The fraction of sp³-hybridized carbons (Fsp3) is 1.00. The first-order valence-electron chi connectivity index (χ1n) is 4.91. The van der Waals surface area contributed by atoms with Crippen LogP contribution in [-0.2, 0) is 0 Å². The molecule has 0 radical (unpaired) electrons. The first-order chi connectivity index (χ1) is 5.22. The summed E-state index contributed by atoms with van der Waals surface area (Å²) in [6, 6.07) is 0. The Morgan fingerprint density at radius 1 is 1.27 bits per heavy atom. The second kappa shape index (κ2) is 4.10. The molecule has 0 aromatic rings. The van der Waals surface area contributed by atoms with Crippen LogP contribution in [0.1, 0.15) is 33.1 Å². The van der Waals surface area contributed by atoms with E-state index in [1.807, 2.05) is 0 Å². The van der Waals surface area contributed by atoms with Gasteiger partial charge in [0, 0.05) is 13.1 Å². The van der Waals surface area contributed by atoms with Crippen molar-refractivity contribution in [2.24, 2.45) is 11.8 Å². The van der Waals surface area contributed by atoms with Crippen LogP contribution in [0.25, 0.3) is 0 Å². The van der Waals surface area contributed by atoms with E-state index in [-0.39, 0.29) is 0 Å². The first kappa shape index (κ1) is 9.05. The summed E-state index contributed by atoms with van der Waals surface area (Å²) in [6.45, 7) is 7.31. The van der Waals surface area contributed by atoms with Crippen LogP contribution >= 0.6 is 0 Å². The lowest BCUT2D eigenvalue weighted by Crippen LogP contribution is -2.25. The Balaban J connectivity index is 2.39. The molecule has 2 atom stereocenters. The summed E-state index contributed by atoms with van der Waals surface area (Å²) in [4.78, 5) is 2.49.